The number of nitrogens with one attached hydrogen (secondary N) is 2. The summed E-state index contributed by atoms with van der Waals surface area (Å²) in [6, 6.07) is 18.7. The van der Waals surface area contributed by atoms with E-state index >= 15 is 0 Å². The molecule has 2 heterocycles. The molecule has 0 aliphatic carbocycles. The minimum atomic E-state index is -0.729. The third kappa shape index (κ3) is 3.21. The Bertz CT molecular complexity index is 876. The molecule has 2 N–H and O–H groups in total. The molecule has 0 radical (unpaired) electrons. The smallest absolute Gasteiger partial charge is 0.322 e. The fourth-order valence-electron chi connectivity index (χ4n) is 3.21. The standard InChI is InChI=1S/C20H18N4O2/c25-19-17(22-20(26)23-19)18-16(11-14-7-3-1-4-8-14)21-13-24(18)12-15-9-5-2-6-10-15/h1-10,13,17H,11-12H2,(H2,22,23,25,26). The van der Waals surface area contributed by atoms with Crippen LogP contribution < -0.4 is 10.6 Å². The maximum Gasteiger partial charge on any atom is 0.322 e. The van der Waals surface area contributed by atoms with E-state index < -0.39 is 12.1 Å². The molecule has 1 aliphatic heterocycles. The zero-order valence-electron chi connectivity index (χ0n) is 14.1. The van der Waals surface area contributed by atoms with Crippen LogP contribution in [-0.4, -0.2) is 21.5 Å². The summed E-state index contributed by atoms with van der Waals surface area (Å²) in [6.45, 7) is 0.581. The Kier molecular flexibility index (Phi) is 4.23. The van der Waals surface area contributed by atoms with Gasteiger partial charge in [-0.05, 0) is 11.1 Å². The average molecular weight is 346 g/mol. The number of benzene rings is 2. The van der Waals surface area contributed by atoms with Crippen molar-refractivity contribution in [2.45, 2.75) is 19.0 Å². The third-order valence-corrected chi connectivity index (χ3v) is 4.42. The molecule has 1 atom stereocenters. The van der Waals surface area contributed by atoms with E-state index in [0.29, 0.717) is 13.0 Å². The second-order valence-electron chi connectivity index (χ2n) is 6.25. The van der Waals surface area contributed by atoms with Gasteiger partial charge in [-0.2, -0.15) is 0 Å². The van der Waals surface area contributed by atoms with Gasteiger partial charge in [0.15, 0.2) is 6.04 Å². The van der Waals surface area contributed by atoms with Gasteiger partial charge in [0, 0.05) is 13.0 Å². The van der Waals surface area contributed by atoms with Crippen LogP contribution in [0.15, 0.2) is 67.0 Å². The van der Waals surface area contributed by atoms with Gasteiger partial charge < -0.3 is 9.88 Å². The van der Waals surface area contributed by atoms with Gasteiger partial charge in [0.2, 0.25) is 0 Å². The Balaban J connectivity index is 1.72. The summed E-state index contributed by atoms with van der Waals surface area (Å²) >= 11 is 0. The molecule has 2 aromatic carbocycles. The van der Waals surface area contributed by atoms with Crippen LogP contribution in [0.3, 0.4) is 0 Å². The van der Waals surface area contributed by atoms with Gasteiger partial charge in [-0.15, -0.1) is 0 Å². The fraction of sp³-hybridized carbons (Fsp3) is 0.150. The molecule has 1 unspecified atom stereocenters. The lowest BCUT2D eigenvalue weighted by molar-refractivity contribution is -0.120. The van der Waals surface area contributed by atoms with Crippen LogP contribution in [0, 0.1) is 0 Å². The highest BCUT2D eigenvalue weighted by Gasteiger charge is 2.35. The first-order valence-corrected chi connectivity index (χ1v) is 8.44. The number of imide groups is 1. The van der Waals surface area contributed by atoms with E-state index in [1.807, 2.05) is 65.2 Å². The third-order valence-electron chi connectivity index (χ3n) is 4.42. The van der Waals surface area contributed by atoms with Gasteiger partial charge in [0.1, 0.15) is 0 Å². The first-order valence-electron chi connectivity index (χ1n) is 8.44. The summed E-state index contributed by atoms with van der Waals surface area (Å²) in [4.78, 5) is 28.4. The van der Waals surface area contributed by atoms with Crippen LogP contribution in [0.5, 0.6) is 0 Å². The molecule has 0 spiro atoms. The van der Waals surface area contributed by atoms with E-state index in [0.717, 1.165) is 22.5 Å². The molecular formula is C20H18N4O2. The van der Waals surface area contributed by atoms with Crippen LogP contribution in [-0.2, 0) is 17.8 Å². The summed E-state index contributed by atoms with van der Waals surface area (Å²) in [5.74, 6) is -0.348. The van der Waals surface area contributed by atoms with Crippen molar-refractivity contribution in [2.75, 3.05) is 0 Å². The van der Waals surface area contributed by atoms with E-state index in [1.165, 1.54) is 0 Å². The van der Waals surface area contributed by atoms with Crippen LogP contribution in [0.2, 0.25) is 0 Å². The molecule has 3 aromatic rings. The van der Waals surface area contributed by atoms with Crippen molar-refractivity contribution in [1.29, 1.82) is 0 Å². The number of hydrogen-bond donors (Lipinski definition) is 2. The number of aromatic nitrogens is 2. The van der Waals surface area contributed by atoms with Crippen molar-refractivity contribution in [1.82, 2.24) is 20.2 Å². The maximum absolute atomic E-state index is 12.3. The number of carbonyl (C=O) groups is 2. The largest absolute Gasteiger partial charge is 0.328 e. The second-order valence-corrected chi connectivity index (χ2v) is 6.25. The lowest BCUT2D eigenvalue weighted by atomic mass is 10.0. The van der Waals surface area contributed by atoms with Crippen LogP contribution >= 0.6 is 0 Å². The summed E-state index contributed by atoms with van der Waals surface area (Å²) in [7, 11) is 0. The number of rotatable bonds is 5. The summed E-state index contributed by atoms with van der Waals surface area (Å²) in [6.07, 6.45) is 2.33. The number of hydrogen-bond acceptors (Lipinski definition) is 3. The highest BCUT2D eigenvalue weighted by atomic mass is 16.2. The van der Waals surface area contributed by atoms with Crippen molar-refractivity contribution in [3.05, 3.63) is 89.5 Å². The van der Waals surface area contributed by atoms with Crippen molar-refractivity contribution in [2.24, 2.45) is 0 Å². The molecule has 1 aliphatic rings. The molecule has 1 fully saturated rings. The van der Waals surface area contributed by atoms with Crippen molar-refractivity contribution in [3.63, 3.8) is 0 Å². The van der Waals surface area contributed by atoms with Crippen molar-refractivity contribution >= 4 is 11.9 Å². The average Bonchev–Trinajstić information content (AvgIpc) is 3.18. The lowest BCUT2D eigenvalue weighted by Gasteiger charge is -2.14. The number of carbonyl (C=O) groups excluding carboxylic acids is 2. The van der Waals surface area contributed by atoms with Gasteiger partial charge in [0.25, 0.3) is 5.91 Å². The molecule has 4 rings (SSSR count). The topological polar surface area (TPSA) is 76.0 Å². The number of imidazole rings is 1. The molecule has 6 nitrogen and oxygen atoms in total. The zero-order chi connectivity index (χ0) is 17.9. The van der Waals surface area contributed by atoms with Gasteiger partial charge in [-0.25, -0.2) is 9.78 Å². The van der Waals surface area contributed by atoms with Gasteiger partial charge >= 0.3 is 6.03 Å². The Morgan fingerprint density at radius 2 is 1.58 bits per heavy atom. The Morgan fingerprint density at radius 1 is 0.923 bits per heavy atom. The van der Waals surface area contributed by atoms with Crippen LogP contribution in [0.4, 0.5) is 4.79 Å². The SMILES string of the molecule is O=C1NC(=O)C(c2c(Cc3ccccc3)ncn2Cc2ccccc2)N1. The van der Waals surface area contributed by atoms with Crippen molar-refractivity contribution in [3.8, 4) is 0 Å². The van der Waals surface area contributed by atoms with Gasteiger partial charge in [-0.1, -0.05) is 60.7 Å². The van der Waals surface area contributed by atoms with Gasteiger partial charge in [0.05, 0.1) is 17.7 Å². The van der Waals surface area contributed by atoms with E-state index in [-0.39, 0.29) is 5.91 Å². The minimum Gasteiger partial charge on any atom is -0.328 e. The highest BCUT2D eigenvalue weighted by Crippen LogP contribution is 2.24. The number of urea groups is 1. The lowest BCUT2D eigenvalue weighted by Crippen LogP contribution is -2.24. The zero-order valence-corrected chi connectivity index (χ0v) is 14.1. The maximum atomic E-state index is 12.3. The van der Waals surface area contributed by atoms with Gasteiger partial charge in [-0.3, -0.25) is 10.1 Å². The quantitative estimate of drug-likeness (QED) is 0.697. The molecule has 0 bridgehead atoms. The Hall–Kier alpha value is -3.41. The molecule has 6 heteroatoms. The Morgan fingerprint density at radius 3 is 2.19 bits per heavy atom. The molecular weight excluding hydrogens is 328 g/mol. The number of amides is 3. The predicted octanol–water partition coefficient (Wildman–Crippen LogP) is 2.40. The first-order chi connectivity index (χ1) is 12.7. The molecule has 1 aromatic heterocycles. The normalized spacial score (nSPS) is 16.4. The van der Waals surface area contributed by atoms with E-state index in [9.17, 15) is 9.59 Å². The predicted molar refractivity (Wildman–Crippen MR) is 96.4 cm³/mol. The highest BCUT2D eigenvalue weighted by molar-refractivity contribution is 6.04. The van der Waals surface area contributed by atoms with E-state index in [1.54, 1.807) is 6.33 Å². The molecule has 26 heavy (non-hydrogen) atoms. The fourth-order valence-corrected chi connectivity index (χ4v) is 3.21. The second kappa shape index (κ2) is 6.84. The van der Waals surface area contributed by atoms with Crippen LogP contribution in [0.1, 0.15) is 28.6 Å². The number of nitrogens with zero attached hydrogens (tertiary/aromatic N) is 2. The molecule has 1 saturated heterocycles. The first kappa shape index (κ1) is 16.1. The van der Waals surface area contributed by atoms with Crippen LogP contribution in [0.25, 0.3) is 0 Å². The van der Waals surface area contributed by atoms with Crippen molar-refractivity contribution < 1.29 is 9.59 Å². The molecule has 3 amide bonds. The summed E-state index contributed by atoms with van der Waals surface area (Å²) in [5, 5.41) is 5.01. The summed E-state index contributed by atoms with van der Waals surface area (Å²) < 4.78 is 1.93. The molecule has 130 valence electrons. The monoisotopic (exact) mass is 346 g/mol. The van der Waals surface area contributed by atoms with E-state index in [2.05, 4.69) is 15.6 Å². The minimum absolute atomic E-state index is 0.348. The summed E-state index contributed by atoms with van der Waals surface area (Å²) in [5.41, 5.74) is 3.71. The Labute approximate surface area is 150 Å². The molecule has 0 saturated carbocycles. The van der Waals surface area contributed by atoms with E-state index in [4.69, 9.17) is 0 Å².